The molecular weight excluding hydrogens is 235 g/mol. The van der Waals surface area contributed by atoms with Crippen LogP contribution in [0.1, 0.15) is 12.0 Å². The lowest BCUT2D eigenvalue weighted by molar-refractivity contribution is -0.124. The van der Waals surface area contributed by atoms with Crippen molar-refractivity contribution in [3.8, 4) is 0 Å². The summed E-state index contributed by atoms with van der Waals surface area (Å²) >= 11 is 0. The first kappa shape index (κ1) is 11.4. The zero-order chi connectivity index (χ0) is 12.6. The fraction of sp³-hybridized carbons (Fsp3) is 0.0909. The number of benzene rings is 1. The fourth-order valence-corrected chi connectivity index (χ4v) is 1.46. The summed E-state index contributed by atoms with van der Waals surface area (Å²) in [7, 11) is 0. The predicted octanol–water partition coefficient (Wildman–Crippen LogP) is 1.53. The van der Waals surface area contributed by atoms with Gasteiger partial charge >= 0.3 is 0 Å². The van der Waals surface area contributed by atoms with E-state index < -0.39 is 29.3 Å². The van der Waals surface area contributed by atoms with Crippen LogP contribution in [0.3, 0.4) is 0 Å². The Hall–Kier alpha value is -2.11. The zero-order valence-electron chi connectivity index (χ0n) is 8.39. The lowest BCUT2D eigenvalue weighted by atomic mass is 10.1. The summed E-state index contributed by atoms with van der Waals surface area (Å²) in [5.74, 6) is -4.69. The molecule has 0 aromatic heterocycles. The van der Waals surface area contributed by atoms with Gasteiger partial charge in [0.1, 0.15) is 5.82 Å². The van der Waals surface area contributed by atoms with Gasteiger partial charge in [-0.15, -0.1) is 0 Å². The Labute approximate surface area is 93.9 Å². The second-order valence-electron chi connectivity index (χ2n) is 3.51. The summed E-state index contributed by atoms with van der Waals surface area (Å²) in [6, 6.07) is 1.02. The van der Waals surface area contributed by atoms with Gasteiger partial charge in [0.05, 0.1) is 6.42 Å². The number of imide groups is 1. The molecular formula is C11H6F3NO2. The molecule has 1 heterocycles. The van der Waals surface area contributed by atoms with Gasteiger partial charge in [0.25, 0.3) is 5.91 Å². The number of hydrogen-bond acceptors (Lipinski definition) is 2. The highest BCUT2D eigenvalue weighted by Gasteiger charge is 2.24. The van der Waals surface area contributed by atoms with Gasteiger partial charge in [-0.3, -0.25) is 14.9 Å². The standard InChI is InChI=1S/C11H6F3NO2/c12-7-4-9(14)8(13)2-5(7)1-6-3-10(16)15-11(6)17/h1-2,4H,3H2,(H,15,16,17)/b6-1-. The molecule has 88 valence electrons. The third-order valence-electron chi connectivity index (χ3n) is 2.26. The summed E-state index contributed by atoms with van der Waals surface area (Å²) in [6.45, 7) is 0. The summed E-state index contributed by atoms with van der Waals surface area (Å²) in [5, 5.41) is 2.00. The molecule has 0 unspecified atom stereocenters. The maximum Gasteiger partial charge on any atom is 0.254 e. The van der Waals surface area contributed by atoms with E-state index >= 15 is 0 Å². The topological polar surface area (TPSA) is 46.2 Å². The lowest BCUT2D eigenvalue weighted by Crippen LogP contribution is -2.19. The molecule has 0 radical (unpaired) electrons. The third kappa shape index (κ3) is 2.20. The molecule has 1 fully saturated rings. The Bertz CT molecular complexity index is 552. The van der Waals surface area contributed by atoms with Crippen LogP contribution in [0, 0.1) is 17.5 Å². The molecule has 2 rings (SSSR count). The smallest absolute Gasteiger partial charge is 0.254 e. The van der Waals surface area contributed by atoms with Crippen LogP contribution < -0.4 is 5.32 Å². The quantitative estimate of drug-likeness (QED) is 0.460. The molecule has 0 atom stereocenters. The van der Waals surface area contributed by atoms with Gasteiger partial charge in [-0.05, 0) is 12.1 Å². The molecule has 6 heteroatoms. The minimum Gasteiger partial charge on any atom is -0.292 e. The molecule has 1 N–H and O–H groups in total. The molecule has 0 spiro atoms. The van der Waals surface area contributed by atoms with E-state index in [2.05, 4.69) is 0 Å². The van der Waals surface area contributed by atoms with Gasteiger partial charge < -0.3 is 0 Å². The maximum absolute atomic E-state index is 13.2. The highest BCUT2D eigenvalue weighted by molar-refractivity contribution is 6.15. The van der Waals surface area contributed by atoms with Gasteiger partial charge in [-0.1, -0.05) is 0 Å². The van der Waals surface area contributed by atoms with Crippen molar-refractivity contribution in [2.24, 2.45) is 0 Å². The Morgan fingerprint density at radius 2 is 1.71 bits per heavy atom. The van der Waals surface area contributed by atoms with Crippen LogP contribution in [-0.4, -0.2) is 11.8 Å². The van der Waals surface area contributed by atoms with Crippen LogP contribution in [0.2, 0.25) is 0 Å². The molecule has 3 nitrogen and oxygen atoms in total. The number of nitrogens with one attached hydrogen (secondary N) is 1. The molecule has 1 aliphatic heterocycles. The number of carbonyl (C=O) groups excluding carboxylic acids is 2. The SMILES string of the molecule is O=C1C/C(=C/c2cc(F)c(F)cc2F)C(=O)N1. The fourth-order valence-electron chi connectivity index (χ4n) is 1.46. The van der Waals surface area contributed by atoms with Crippen molar-refractivity contribution in [1.29, 1.82) is 0 Å². The normalized spacial score (nSPS) is 17.7. The molecule has 1 saturated heterocycles. The van der Waals surface area contributed by atoms with Crippen LogP contribution in [-0.2, 0) is 9.59 Å². The maximum atomic E-state index is 13.2. The molecule has 2 amide bonds. The van der Waals surface area contributed by atoms with Crippen LogP contribution in [0.25, 0.3) is 6.08 Å². The Balaban J connectivity index is 2.42. The van der Waals surface area contributed by atoms with E-state index in [4.69, 9.17) is 0 Å². The molecule has 1 aromatic rings. The van der Waals surface area contributed by atoms with E-state index in [1.165, 1.54) is 0 Å². The predicted molar refractivity (Wildman–Crippen MR) is 52.1 cm³/mol. The lowest BCUT2D eigenvalue weighted by Gasteiger charge is -1.99. The third-order valence-corrected chi connectivity index (χ3v) is 2.26. The molecule has 0 bridgehead atoms. The Morgan fingerprint density at radius 1 is 1.06 bits per heavy atom. The minimum absolute atomic E-state index is 0.0138. The van der Waals surface area contributed by atoms with Crippen molar-refractivity contribution >= 4 is 17.9 Å². The van der Waals surface area contributed by atoms with E-state index in [1.54, 1.807) is 0 Å². The highest BCUT2D eigenvalue weighted by atomic mass is 19.2. The summed E-state index contributed by atoms with van der Waals surface area (Å²) in [6.07, 6.45) is 0.829. The molecule has 1 aliphatic rings. The minimum atomic E-state index is -1.31. The largest absolute Gasteiger partial charge is 0.292 e. The second kappa shape index (κ2) is 4.04. The van der Waals surface area contributed by atoms with Gasteiger partial charge in [-0.25, -0.2) is 13.2 Å². The highest BCUT2D eigenvalue weighted by Crippen LogP contribution is 2.19. The zero-order valence-corrected chi connectivity index (χ0v) is 8.39. The summed E-state index contributed by atoms with van der Waals surface area (Å²) < 4.78 is 38.8. The Kier molecular flexibility index (Phi) is 2.71. The molecule has 0 aliphatic carbocycles. The monoisotopic (exact) mass is 241 g/mol. The van der Waals surface area contributed by atoms with Gasteiger partial charge in [0, 0.05) is 17.2 Å². The number of carbonyl (C=O) groups is 2. The van der Waals surface area contributed by atoms with Crippen LogP contribution in [0.4, 0.5) is 13.2 Å². The van der Waals surface area contributed by atoms with Crippen molar-refractivity contribution < 1.29 is 22.8 Å². The Morgan fingerprint density at radius 3 is 2.29 bits per heavy atom. The van der Waals surface area contributed by atoms with E-state index in [9.17, 15) is 22.8 Å². The average molecular weight is 241 g/mol. The second-order valence-corrected chi connectivity index (χ2v) is 3.51. The number of halogens is 3. The van der Waals surface area contributed by atoms with E-state index in [1.807, 2.05) is 5.32 Å². The van der Waals surface area contributed by atoms with Gasteiger partial charge in [0.2, 0.25) is 5.91 Å². The summed E-state index contributed by atoms with van der Waals surface area (Å²) in [5.41, 5.74) is -0.261. The van der Waals surface area contributed by atoms with E-state index in [0.717, 1.165) is 6.08 Å². The first-order chi connectivity index (χ1) is 7.97. The van der Waals surface area contributed by atoms with Crippen LogP contribution in [0.15, 0.2) is 17.7 Å². The van der Waals surface area contributed by atoms with Gasteiger partial charge in [0.15, 0.2) is 11.6 Å². The van der Waals surface area contributed by atoms with Crippen LogP contribution in [0.5, 0.6) is 0 Å². The number of amides is 2. The van der Waals surface area contributed by atoms with Crippen LogP contribution >= 0.6 is 0 Å². The van der Waals surface area contributed by atoms with E-state index in [0.29, 0.717) is 12.1 Å². The molecule has 1 aromatic carbocycles. The van der Waals surface area contributed by atoms with Crippen molar-refractivity contribution in [1.82, 2.24) is 5.32 Å². The first-order valence-corrected chi connectivity index (χ1v) is 4.66. The number of rotatable bonds is 1. The molecule has 17 heavy (non-hydrogen) atoms. The molecule has 0 saturated carbocycles. The van der Waals surface area contributed by atoms with Crippen molar-refractivity contribution in [2.45, 2.75) is 6.42 Å². The first-order valence-electron chi connectivity index (χ1n) is 4.66. The van der Waals surface area contributed by atoms with Crippen molar-refractivity contribution in [3.05, 3.63) is 40.7 Å². The number of hydrogen-bond donors (Lipinski definition) is 1. The van der Waals surface area contributed by atoms with Gasteiger partial charge in [-0.2, -0.15) is 0 Å². The van der Waals surface area contributed by atoms with Crippen molar-refractivity contribution in [3.63, 3.8) is 0 Å². The summed E-state index contributed by atoms with van der Waals surface area (Å²) in [4.78, 5) is 22.0. The van der Waals surface area contributed by atoms with E-state index in [-0.39, 0.29) is 17.6 Å². The average Bonchev–Trinajstić information content (AvgIpc) is 2.54. The van der Waals surface area contributed by atoms with Crippen molar-refractivity contribution in [2.75, 3.05) is 0 Å².